The summed E-state index contributed by atoms with van der Waals surface area (Å²) < 4.78 is 1.03. The summed E-state index contributed by atoms with van der Waals surface area (Å²) in [5.74, 6) is -0.664. The Morgan fingerprint density at radius 2 is 2.25 bits per heavy atom. The molecule has 1 aromatic heterocycles. The fourth-order valence-corrected chi connectivity index (χ4v) is 1.99. The molecule has 1 rings (SSSR count). The molecule has 1 aromatic rings. The van der Waals surface area contributed by atoms with Crippen LogP contribution >= 0.6 is 33.9 Å². The van der Waals surface area contributed by atoms with Gasteiger partial charge in [-0.15, -0.1) is 11.3 Å². The molecule has 0 aliphatic rings. The molecule has 0 aliphatic carbocycles. The Bertz CT molecular complexity index is 321. The van der Waals surface area contributed by atoms with Crippen molar-refractivity contribution >= 4 is 45.7 Å². The highest BCUT2D eigenvalue weighted by Gasteiger charge is 2.08. The summed E-state index contributed by atoms with van der Waals surface area (Å²) in [5, 5.41) is 3.92. The van der Waals surface area contributed by atoms with Gasteiger partial charge in [0, 0.05) is 12.3 Å². The van der Waals surface area contributed by atoms with Crippen LogP contribution < -0.4 is 5.32 Å². The van der Waals surface area contributed by atoms with Crippen LogP contribution in [0.15, 0.2) is 11.4 Å². The monoisotopic (exact) mass is 295 g/mol. The number of amides is 2. The Labute approximate surface area is 87.3 Å². The first-order chi connectivity index (χ1) is 5.59. The summed E-state index contributed by atoms with van der Waals surface area (Å²) in [7, 11) is 0. The Morgan fingerprint density at radius 1 is 1.58 bits per heavy atom. The average Bonchev–Trinajstić information content (AvgIpc) is 2.34. The standard InChI is InChI=1S/C7H6INO2S/c1-4(10)9-7(11)5-2-6(8)12-3-5/h2-3H,1H3,(H,9,10,11). The van der Waals surface area contributed by atoms with Crippen molar-refractivity contribution in [1.29, 1.82) is 0 Å². The third-order valence-corrected chi connectivity index (χ3v) is 2.91. The van der Waals surface area contributed by atoms with Crippen LogP contribution in [0.2, 0.25) is 0 Å². The predicted octanol–water partition coefficient (Wildman–Crippen LogP) is 1.63. The van der Waals surface area contributed by atoms with Gasteiger partial charge in [-0.25, -0.2) is 0 Å². The molecule has 0 fully saturated rings. The van der Waals surface area contributed by atoms with Gasteiger partial charge in [-0.2, -0.15) is 0 Å². The Morgan fingerprint density at radius 3 is 2.67 bits per heavy atom. The molecule has 64 valence electrons. The van der Waals surface area contributed by atoms with Gasteiger partial charge in [0.25, 0.3) is 5.91 Å². The minimum Gasteiger partial charge on any atom is -0.293 e. The number of carbonyl (C=O) groups excluding carboxylic acids is 2. The molecule has 0 atom stereocenters. The number of thiophene rings is 1. The largest absolute Gasteiger partial charge is 0.293 e. The lowest BCUT2D eigenvalue weighted by molar-refractivity contribution is -0.118. The van der Waals surface area contributed by atoms with E-state index in [1.54, 1.807) is 11.4 Å². The van der Waals surface area contributed by atoms with E-state index in [1.807, 2.05) is 0 Å². The van der Waals surface area contributed by atoms with Gasteiger partial charge in [-0.05, 0) is 28.7 Å². The van der Waals surface area contributed by atoms with E-state index in [1.165, 1.54) is 18.3 Å². The van der Waals surface area contributed by atoms with E-state index in [9.17, 15) is 9.59 Å². The predicted molar refractivity (Wildman–Crippen MR) is 55.2 cm³/mol. The molecule has 0 saturated heterocycles. The summed E-state index contributed by atoms with van der Waals surface area (Å²) in [6.45, 7) is 1.31. The van der Waals surface area contributed by atoms with Crippen molar-refractivity contribution in [1.82, 2.24) is 5.32 Å². The third-order valence-electron chi connectivity index (χ3n) is 1.12. The number of carbonyl (C=O) groups is 2. The van der Waals surface area contributed by atoms with Crippen LogP contribution in [0.25, 0.3) is 0 Å². The highest BCUT2D eigenvalue weighted by Crippen LogP contribution is 2.16. The zero-order valence-corrected chi connectivity index (χ0v) is 9.23. The van der Waals surface area contributed by atoms with E-state index in [0.717, 1.165) is 2.88 Å². The van der Waals surface area contributed by atoms with Crippen LogP contribution in [0, 0.1) is 2.88 Å². The Hall–Kier alpha value is -0.430. The summed E-state index contributed by atoms with van der Waals surface area (Å²) in [5.41, 5.74) is 0.541. The van der Waals surface area contributed by atoms with Crippen LogP contribution in [0.4, 0.5) is 0 Å². The second-order valence-electron chi connectivity index (χ2n) is 2.15. The summed E-state index contributed by atoms with van der Waals surface area (Å²) in [6, 6.07) is 1.74. The van der Waals surface area contributed by atoms with Gasteiger partial charge < -0.3 is 0 Å². The smallest absolute Gasteiger partial charge is 0.258 e. The lowest BCUT2D eigenvalue weighted by Crippen LogP contribution is -2.27. The highest BCUT2D eigenvalue weighted by atomic mass is 127. The number of nitrogens with one attached hydrogen (secondary N) is 1. The molecule has 2 amide bonds. The van der Waals surface area contributed by atoms with Crippen molar-refractivity contribution in [2.75, 3.05) is 0 Å². The van der Waals surface area contributed by atoms with Crippen molar-refractivity contribution in [2.24, 2.45) is 0 Å². The fraction of sp³-hybridized carbons (Fsp3) is 0.143. The number of rotatable bonds is 1. The molecule has 0 aliphatic heterocycles. The summed E-state index contributed by atoms with van der Waals surface area (Å²) >= 11 is 3.60. The molecule has 0 unspecified atom stereocenters. The van der Waals surface area contributed by atoms with Crippen LogP contribution in [0.3, 0.4) is 0 Å². The summed E-state index contributed by atoms with van der Waals surface area (Å²) in [6.07, 6.45) is 0. The van der Waals surface area contributed by atoms with Gasteiger partial charge in [0.2, 0.25) is 5.91 Å². The minimum absolute atomic E-state index is 0.332. The second kappa shape index (κ2) is 3.99. The van der Waals surface area contributed by atoms with E-state index in [4.69, 9.17) is 0 Å². The van der Waals surface area contributed by atoms with Gasteiger partial charge >= 0.3 is 0 Å². The molecule has 0 radical (unpaired) electrons. The molecular weight excluding hydrogens is 289 g/mol. The van der Waals surface area contributed by atoms with E-state index < -0.39 is 0 Å². The van der Waals surface area contributed by atoms with E-state index in [2.05, 4.69) is 27.9 Å². The molecule has 0 bridgehead atoms. The van der Waals surface area contributed by atoms with Gasteiger partial charge in [-0.1, -0.05) is 0 Å². The molecular formula is C7H6INO2S. The Balaban J connectivity index is 2.72. The number of imide groups is 1. The lowest BCUT2D eigenvalue weighted by atomic mass is 10.3. The number of hydrogen-bond acceptors (Lipinski definition) is 3. The Kier molecular flexibility index (Phi) is 3.21. The van der Waals surface area contributed by atoms with E-state index >= 15 is 0 Å². The average molecular weight is 295 g/mol. The molecule has 12 heavy (non-hydrogen) atoms. The fourth-order valence-electron chi connectivity index (χ4n) is 0.661. The van der Waals surface area contributed by atoms with Crippen molar-refractivity contribution < 1.29 is 9.59 Å². The van der Waals surface area contributed by atoms with Gasteiger partial charge in [0.1, 0.15) is 0 Å². The first-order valence-corrected chi connectivity index (χ1v) is 5.11. The third kappa shape index (κ3) is 2.56. The van der Waals surface area contributed by atoms with Gasteiger partial charge in [-0.3, -0.25) is 14.9 Å². The van der Waals surface area contributed by atoms with Crippen molar-refractivity contribution in [2.45, 2.75) is 6.92 Å². The second-order valence-corrected chi connectivity index (χ2v) is 4.96. The molecule has 0 aromatic carbocycles. The maximum absolute atomic E-state index is 11.1. The molecule has 1 heterocycles. The molecule has 0 spiro atoms. The topological polar surface area (TPSA) is 46.2 Å². The maximum Gasteiger partial charge on any atom is 0.258 e. The van der Waals surface area contributed by atoms with E-state index in [-0.39, 0.29) is 11.8 Å². The summed E-state index contributed by atoms with van der Waals surface area (Å²) in [4.78, 5) is 21.6. The zero-order chi connectivity index (χ0) is 9.14. The van der Waals surface area contributed by atoms with Crippen molar-refractivity contribution in [3.05, 3.63) is 19.9 Å². The van der Waals surface area contributed by atoms with Crippen LogP contribution in [-0.2, 0) is 4.79 Å². The quantitative estimate of drug-likeness (QED) is 0.800. The normalized spacial score (nSPS) is 9.50. The SMILES string of the molecule is CC(=O)NC(=O)c1csc(I)c1. The zero-order valence-electron chi connectivity index (χ0n) is 6.26. The first kappa shape index (κ1) is 9.66. The van der Waals surface area contributed by atoms with Crippen LogP contribution in [0.1, 0.15) is 17.3 Å². The molecule has 5 heteroatoms. The van der Waals surface area contributed by atoms with E-state index in [0.29, 0.717) is 5.56 Å². The van der Waals surface area contributed by atoms with Crippen LogP contribution in [0.5, 0.6) is 0 Å². The lowest BCUT2D eigenvalue weighted by Gasteiger charge is -1.95. The maximum atomic E-state index is 11.1. The highest BCUT2D eigenvalue weighted by molar-refractivity contribution is 14.1. The minimum atomic E-state index is -0.332. The molecule has 0 saturated carbocycles. The van der Waals surface area contributed by atoms with Crippen molar-refractivity contribution in [3.63, 3.8) is 0 Å². The van der Waals surface area contributed by atoms with Crippen LogP contribution in [-0.4, -0.2) is 11.8 Å². The first-order valence-electron chi connectivity index (χ1n) is 3.15. The molecule has 1 N–H and O–H groups in total. The van der Waals surface area contributed by atoms with Crippen molar-refractivity contribution in [3.8, 4) is 0 Å². The van der Waals surface area contributed by atoms with Gasteiger partial charge in [0.05, 0.1) is 8.45 Å². The number of halogens is 1. The molecule has 3 nitrogen and oxygen atoms in total. The number of hydrogen-bond donors (Lipinski definition) is 1. The van der Waals surface area contributed by atoms with Gasteiger partial charge in [0.15, 0.2) is 0 Å².